The van der Waals surface area contributed by atoms with Crippen molar-refractivity contribution < 1.29 is 4.84 Å². The molecule has 0 aliphatic rings. The molecule has 1 aromatic rings. The van der Waals surface area contributed by atoms with Gasteiger partial charge in [0.1, 0.15) is 0 Å². The van der Waals surface area contributed by atoms with Gasteiger partial charge in [-0.15, -0.1) is 0 Å². The van der Waals surface area contributed by atoms with Crippen molar-refractivity contribution in [1.29, 1.82) is 0 Å². The standard InChI is InChI=1S/C9H12ClNO/c1-7-2-3-8(4-5-12-11)9(10)6-7/h2-3,6H,4-5,11H2,1H3. The summed E-state index contributed by atoms with van der Waals surface area (Å²) in [5.41, 5.74) is 2.24. The van der Waals surface area contributed by atoms with E-state index in [1.165, 1.54) is 0 Å². The van der Waals surface area contributed by atoms with Crippen LogP contribution in [0, 0.1) is 6.92 Å². The highest BCUT2D eigenvalue weighted by Gasteiger charge is 1.99. The van der Waals surface area contributed by atoms with E-state index in [1.807, 2.05) is 25.1 Å². The van der Waals surface area contributed by atoms with Crippen molar-refractivity contribution in [2.75, 3.05) is 6.61 Å². The second kappa shape index (κ2) is 4.45. The first-order chi connectivity index (χ1) is 5.74. The highest BCUT2D eigenvalue weighted by Crippen LogP contribution is 2.17. The molecule has 3 heteroatoms. The van der Waals surface area contributed by atoms with Gasteiger partial charge in [-0.05, 0) is 30.5 Å². The molecule has 0 aromatic heterocycles. The molecule has 66 valence electrons. The van der Waals surface area contributed by atoms with Gasteiger partial charge in [0.25, 0.3) is 0 Å². The van der Waals surface area contributed by atoms with E-state index in [0.29, 0.717) is 6.61 Å². The molecule has 0 bridgehead atoms. The van der Waals surface area contributed by atoms with Crippen LogP contribution in [-0.2, 0) is 11.3 Å². The number of rotatable bonds is 3. The van der Waals surface area contributed by atoms with Gasteiger partial charge in [0.2, 0.25) is 0 Å². The monoisotopic (exact) mass is 185 g/mol. The lowest BCUT2D eigenvalue weighted by Gasteiger charge is -2.03. The van der Waals surface area contributed by atoms with Crippen LogP contribution >= 0.6 is 11.6 Å². The maximum Gasteiger partial charge on any atom is 0.0720 e. The maximum absolute atomic E-state index is 5.97. The van der Waals surface area contributed by atoms with E-state index in [0.717, 1.165) is 22.6 Å². The lowest BCUT2D eigenvalue weighted by atomic mass is 10.1. The molecular weight excluding hydrogens is 174 g/mol. The fraction of sp³-hybridized carbons (Fsp3) is 0.333. The van der Waals surface area contributed by atoms with Crippen LogP contribution in [0.3, 0.4) is 0 Å². The maximum atomic E-state index is 5.97. The lowest BCUT2D eigenvalue weighted by molar-refractivity contribution is 0.141. The molecule has 0 heterocycles. The van der Waals surface area contributed by atoms with Gasteiger partial charge in [-0.25, -0.2) is 5.90 Å². The van der Waals surface area contributed by atoms with E-state index in [4.69, 9.17) is 17.5 Å². The van der Waals surface area contributed by atoms with Gasteiger partial charge in [0, 0.05) is 5.02 Å². The van der Waals surface area contributed by atoms with Crippen molar-refractivity contribution in [2.24, 2.45) is 5.90 Å². The Morgan fingerprint density at radius 1 is 1.50 bits per heavy atom. The van der Waals surface area contributed by atoms with Crippen LogP contribution in [0.1, 0.15) is 11.1 Å². The third-order valence-electron chi connectivity index (χ3n) is 1.70. The highest BCUT2D eigenvalue weighted by atomic mass is 35.5. The number of nitrogens with two attached hydrogens (primary N) is 1. The Labute approximate surface area is 77.2 Å². The Morgan fingerprint density at radius 2 is 2.25 bits per heavy atom. The summed E-state index contributed by atoms with van der Waals surface area (Å²) in [7, 11) is 0. The van der Waals surface area contributed by atoms with Crippen molar-refractivity contribution in [3.05, 3.63) is 34.3 Å². The van der Waals surface area contributed by atoms with Crippen LogP contribution in [0.4, 0.5) is 0 Å². The van der Waals surface area contributed by atoms with Gasteiger partial charge < -0.3 is 4.84 Å². The summed E-state index contributed by atoms with van der Waals surface area (Å²) in [5, 5.41) is 0.784. The van der Waals surface area contributed by atoms with E-state index >= 15 is 0 Å². The van der Waals surface area contributed by atoms with E-state index in [1.54, 1.807) is 0 Å². The van der Waals surface area contributed by atoms with Gasteiger partial charge in [-0.1, -0.05) is 23.7 Å². The van der Waals surface area contributed by atoms with E-state index in [9.17, 15) is 0 Å². The zero-order valence-electron chi connectivity index (χ0n) is 7.01. The molecule has 0 spiro atoms. The first-order valence-corrected chi connectivity index (χ1v) is 4.18. The van der Waals surface area contributed by atoms with E-state index in [2.05, 4.69) is 4.84 Å². The third-order valence-corrected chi connectivity index (χ3v) is 2.05. The van der Waals surface area contributed by atoms with E-state index < -0.39 is 0 Å². The predicted molar refractivity (Wildman–Crippen MR) is 50.0 cm³/mol. The molecule has 2 nitrogen and oxygen atoms in total. The molecule has 1 rings (SSSR count). The normalized spacial score (nSPS) is 10.2. The van der Waals surface area contributed by atoms with Gasteiger partial charge in [0.15, 0.2) is 0 Å². The van der Waals surface area contributed by atoms with Crippen LogP contribution in [0.2, 0.25) is 5.02 Å². The zero-order valence-corrected chi connectivity index (χ0v) is 7.77. The van der Waals surface area contributed by atoms with E-state index in [-0.39, 0.29) is 0 Å². The summed E-state index contributed by atoms with van der Waals surface area (Å²) in [6.07, 6.45) is 0.760. The van der Waals surface area contributed by atoms with Gasteiger partial charge in [-0.2, -0.15) is 0 Å². The summed E-state index contributed by atoms with van der Waals surface area (Å²) in [4.78, 5) is 4.47. The van der Waals surface area contributed by atoms with Crippen molar-refractivity contribution in [2.45, 2.75) is 13.3 Å². The van der Waals surface area contributed by atoms with Crippen molar-refractivity contribution in [1.82, 2.24) is 0 Å². The van der Waals surface area contributed by atoms with Gasteiger partial charge >= 0.3 is 0 Å². The van der Waals surface area contributed by atoms with Crippen LogP contribution < -0.4 is 5.90 Å². The molecule has 1 aromatic carbocycles. The summed E-state index contributed by atoms with van der Waals surface area (Å²) in [5.74, 6) is 4.91. The number of benzene rings is 1. The minimum absolute atomic E-state index is 0.503. The molecule has 0 saturated heterocycles. The molecule has 0 radical (unpaired) electrons. The number of aryl methyl sites for hydroxylation is 1. The van der Waals surface area contributed by atoms with Crippen LogP contribution in [-0.4, -0.2) is 6.61 Å². The number of halogens is 1. The Hall–Kier alpha value is -0.570. The number of hydrogen-bond acceptors (Lipinski definition) is 2. The summed E-state index contributed by atoms with van der Waals surface area (Å²) in [6, 6.07) is 5.96. The smallest absolute Gasteiger partial charge is 0.0720 e. The van der Waals surface area contributed by atoms with Crippen LogP contribution in [0.15, 0.2) is 18.2 Å². The average molecular weight is 186 g/mol. The largest absolute Gasteiger partial charge is 0.304 e. The summed E-state index contributed by atoms with van der Waals surface area (Å²) >= 11 is 5.97. The molecule has 12 heavy (non-hydrogen) atoms. The first kappa shape index (κ1) is 9.52. The molecule has 0 saturated carbocycles. The Morgan fingerprint density at radius 3 is 2.83 bits per heavy atom. The van der Waals surface area contributed by atoms with Gasteiger partial charge in [-0.3, -0.25) is 0 Å². The molecule has 0 unspecified atom stereocenters. The Bertz CT molecular complexity index is 263. The molecule has 0 atom stereocenters. The van der Waals surface area contributed by atoms with Gasteiger partial charge in [0.05, 0.1) is 6.61 Å². The number of hydrogen-bond donors (Lipinski definition) is 1. The molecular formula is C9H12ClNO. The van der Waals surface area contributed by atoms with Crippen molar-refractivity contribution >= 4 is 11.6 Å². The minimum Gasteiger partial charge on any atom is -0.304 e. The summed E-state index contributed by atoms with van der Waals surface area (Å²) in [6.45, 7) is 2.51. The van der Waals surface area contributed by atoms with Crippen LogP contribution in [0.25, 0.3) is 0 Å². The topological polar surface area (TPSA) is 35.2 Å². The lowest BCUT2D eigenvalue weighted by Crippen LogP contribution is -2.03. The molecule has 2 N–H and O–H groups in total. The quantitative estimate of drug-likeness (QED) is 0.732. The first-order valence-electron chi connectivity index (χ1n) is 3.80. The zero-order chi connectivity index (χ0) is 8.97. The average Bonchev–Trinajstić information content (AvgIpc) is 2.03. The molecule has 0 aliphatic heterocycles. The fourth-order valence-electron chi connectivity index (χ4n) is 1.02. The van der Waals surface area contributed by atoms with Crippen LogP contribution in [0.5, 0.6) is 0 Å². The van der Waals surface area contributed by atoms with Crippen molar-refractivity contribution in [3.8, 4) is 0 Å². The Balaban J connectivity index is 2.72. The SMILES string of the molecule is Cc1ccc(CCON)c(Cl)c1. The second-order valence-corrected chi connectivity index (χ2v) is 3.12. The third kappa shape index (κ3) is 2.48. The highest BCUT2D eigenvalue weighted by molar-refractivity contribution is 6.31. The Kier molecular flexibility index (Phi) is 3.53. The summed E-state index contributed by atoms with van der Waals surface area (Å²) < 4.78 is 0. The predicted octanol–water partition coefficient (Wildman–Crippen LogP) is 2.08. The second-order valence-electron chi connectivity index (χ2n) is 2.72. The fourth-order valence-corrected chi connectivity index (χ4v) is 1.35. The van der Waals surface area contributed by atoms with Crippen molar-refractivity contribution in [3.63, 3.8) is 0 Å². The molecule has 0 fully saturated rings. The molecule has 0 aliphatic carbocycles. The minimum atomic E-state index is 0.503. The molecule has 0 amide bonds.